The maximum Gasteiger partial charge on any atom is 0.333 e. The second-order valence-electron chi connectivity index (χ2n) is 5.53. The molecule has 0 radical (unpaired) electrons. The standard InChI is InChI=1S/C19H17N3O5/c1-26-14-8-6-13(7-9-14)22-18(24)16(11-20-19(22)25)17(23)21-12-4-3-5-15(10-12)27-2/h3-11H,1-2H3,(H,20,25)(H,21,23). The molecule has 0 spiro atoms. The molecule has 0 aliphatic carbocycles. The normalized spacial score (nSPS) is 10.3. The Morgan fingerprint density at radius 1 is 1.00 bits per heavy atom. The molecule has 1 aromatic heterocycles. The van der Waals surface area contributed by atoms with Crippen LogP contribution in [0.5, 0.6) is 11.5 Å². The summed E-state index contributed by atoms with van der Waals surface area (Å²) in [5, 5.41) is 2.62. The number of carbonyl (C=O) groups is 1. The lowest BCUT2D eigenvalue weighted by molar-refractivity contribution is 0.102. The summed E-state index contributed by atoms with van der Waals surface area (Å²) in [6.07, 6.45) is 1.10. The van der Waals surface area contributed by atoms with E-state index in [2.05, 4.69) is 10.3 Å². The summed E-state index contributed by atoms with van der Waals surface area (Å²) in [5.74, 6) is 0.492. The van der Waals surface area contributed by atoms with Crippen molar-refractivity contribution in [2.45, 2.75) is 0 Å². The summed E-state index contributed by atoms with van der Waals surface area (Å²) in [5.41, 5.74) is -0.806. The van der Waals surface area contributed by atoms with E-state index in [1.165, 1.54) is 14.2 Å². The quantitative estimate of drug-likeness (QED) is 0.716. The Labute approximate surface area is 154 Å². The first-order valence-corrected chi connectivity index (χ1v) is 7.98. The summed E-state index contributed by atoms with van der Waals surface area (Å²) in [6.45, 7) is 0. The molecule has 3 aromatic rings. The third-order valence-electron chi connectivity index (χ3n) is 3.88. The maximum atomic E-state index is 12.7. The van der Waals surface area contributed by atoms with Gasteiger partial charge in [0.25, 0.3) is 11.5 Å². The lowest BCUT2D eigenvalue weighted by Gasteiger charge is -2.09. The van der Waals surface area contributed by atoms with Crippen LogP contribution in [-0.4, -0.2) is 29.7 Å². The molecule has 3 rings (SSSR count). The Morgan fingerprint density at radius 2 is 1.70 bits per heavy atom. The molecule has 2 N–H and O–H groups in total. The highest BCUT2D eigenvalue weighted by atomic mass is 16.5. The third-order valence-corrected chi connectivity index (χ3v) is 3.88. The van der Waals surface area contributed by atoms with Crippen molar-refractivity contribution in [2.24, 2.45) is 0 Å². The minimum Gasteiger partial charge on any atom is -0.497 e. The molecule has 0 fully saturated rings. The molecule has 138 valence electrons. The topological polar surface area (TPSA) is 102 Å². The molecule has 1 amide bonds. The van der Waals surface area contributed by atoms with Gasteiger partial charge < -0.3 is 19.8 Å². The van der Waals surface area contributed by atoms with Crippen molar-refractivity contribution in [3.05, 3.63) is 81.1 Å². The zero-order valence-electron chi connectivity index (χ0n) is 14.7. The Kier molecular flexibility index (Phi) is 5.07. The van der Waals surface area contributed by atoms with Crippen LogP contribution in [0.1, 0.15) is 10.4 Å². The fourth-order valence-corrected chi connectivity index (χ4v) is 2.50. The maximum absolute atomic E-state index is 12.7. The van der Waals surface area contributed by atoms with E-state index in [4.69, 9.17) is 9.47 Å². The van der Waals surface area contributed by atoms with Gasteiger partial charge in [0.1, 0.15) is 17.1 Å². The number of amides is 1. The van der Waals surface area contributed by atoms with Crippen molar-refractivity contribution in [3.63, 3.8) is 0 Å². The highest BCUT2D eigenvalue weighted by Crippen LogP contribution is 2.17. The molecule has 0 saturated heterocycles. The number of nitrogens with one attached hydrogen (secondary N) is 2. The van der Waals surface area contributed by atoms with Gasteiger partial charge in [-0.1, -0.05) is 6.07 Å². The van der Waals surface area contributed by atoms with Gasteiger partial charge in [0.05, 0.1) is 19.9 Å². The molecule has 0 atom stereocenters. The monoisotopic (exact) mass is 367 g/mol. The average molecular weight is 367 g/mol. The van der Waals surface area contributed by atoms with Crippen LogP contribution >= 0.6 is 0 Å². The molecule has 8 heteroatoms. The van der Waals surface area contributed by atoms with E-state index in [1.54, 1.807) is 48.5 Å². The van der Waals surface area contributed by atoms with E-state index < -0.39 is 17.2 Å². The average Bonchev–Trinajstić information content (AvgIpc) is 2.68. The van der Waals surface area contributed by atoms with Crippen molar-refractivity contribution < 1.29 is 14.3 Å². The van der Waals surface area contributed by atoms with Gasteiger partial charge in [-0.15, -0.1) is 0 Å². The predicted octanol–water partition coefficient (Wildman–Crippen LogP) is 1.80. The smallest absolute Gasteiger partial charge is 0.333 e. The summed E-state index contributed by atoms with van der Waals surface area (Å²) < 4.78 is 11.1. The van der Waals surface area contributed by atoms with Gasteiger partial charge >= 0.3 is 5.69 Å². The van der Waals surface area contributed by atoms with Crippen LogP contribution in [-0.2, 0) is 0 Å². The number of nitrogens with zero attached hydrogens (tertiary/aromatic N) is 1. The van der Waals surface area contributed by atoms with Gasteiger partial charge in [0.15, 0.2) is 0 Å². The summed E-state index contributed by atoms with van der Waals surface area (Å²) in [4.78, 5) is 39.8. The molecule has 0 saturated carbocycles. The molecule has 0 bridgehead atoms. The number of benzene rings is 2. The first kappa shape index (κ1) is 18.0. The largest absolute Gasteiger partial charge is 0.497 e. The van der Waals surface area contributed by atoms with E-state index in [1.807, 2.05) is 0 Å². The lowest BCUT2D eigenvalue weighted by atomic mass is 10.2. The summed E-state index contributed by atoms with van der Waals surface area (Å²) >= 11 is 0. The first-order chi connectivity index (χ1) is 13.0. The van der Waals surface area contributed by atoms with Crippen LogP contribution in [0.15, 0.2) is 64.3 Å². The Hall–Kier alpha value is -3.81. The van der Waals surface area contributed by atoms with Gasteiger partial charge in [-0.25, -0.2) is 9.36 Å². The van der Waals surface area contributed by atoms with Crippen molar-refractivity contribution in [1.29, 1.82) is 0 Å². The summed E-state index contributed by atoms with van der Waals surface area (Å²) in [6, 6.07) is 13.1. The number of hydrogen-bond donors (Lipinski definition) is 2. The van der Waals surface area contributed by atoms with Crippen LogP contribution in [0.3, 0.4) is 0 Å². The number of methoxy groups -OCH3 is 2. The van der Waals surface area contributed by atoms with E-state index in [-0.39, 0.29) is 5.56 Å². The second kappa shape index (κ2) is 7.61. The predicted molar refractivity (Wildman–Crippen MR) is 100 cm³/mol. The van der Waals surface area contributed by atoms with Gasteiger partial charge in [-0.2, -0.15) is 0 Å². The van der Waals surface area contributed by atoms with E-state index in [0.29, 0.717) is 22.9 Å². The van der Waals surface area contributed by atoms with Gasteiger partial charge in [0.2, 0.25) is 0 Å². The molecule has 0 aliphatic rings. The Bertz CT molecular complexity index is 1080. The number of H-pyrrole nitrogens is 1. The van der Waals surface area contributed by atoms with Crippen LogP contribution < -0.4 is 26.0 Å². The molecule has 2 aromatic carbocycles. The minimum atomic E-state index is -0.732. The number of ether oxygens (including phenoxy) is 2. The number of rotatable bonds is 5. The SMILES string of the molecule is COc1ccc(-n2c(=O)[nH]cc(C(=O)Nc3cccc(OC)c3)c2=O)cc1. The van der Waals surface area contributed by atoms with Crippen molar-refractivity contribution >= 4 is 11.6 Å². The van der Waals surface area contributed by atoms with Crippen LogP contribution in [0.2, 0.25) is 0 Å². The summed E-state index contributed by atoms with van der Waals surface area (Å²) in [7, 11) is 3.02. The molecule has 27 heavy (non-hydrogen) atoms. The zero-order valence-corrected chi connectivity index (χ0v) is 14.7. The third kappa shape index (κ3) is 3.74. The van der Waals surface area contributed by atoms with Gasteiger partial charge in [-0.05, 0) is 36.4 Å². The number of anilines is 1. The van der Waals surface area contributed by atoms with Crippen molar-refractivity contribution in [2.75, 3.05) is 19.5 Å². The molecule has 1 heterocycles. The highest BCUT2D eigenvalue weighted by Gasteiger charge is 2.16. The fraction of sp³-hybridized carbons (Fsp3) is 0.105. The van der Waals surface area contributed by atoms with Crippen LogP contribution in [0, 0.1) is 0 Å². The molecule has 8 nitrogen and oxygen atoms in total. The lowest BCUT2D eigenvalue weighted by Crippen LogP contribution is -2.38. The second-order valence-corrected chi connectivity index (χ2v) is 5.53. The van der Waals surface area contributed by atoms with E-state index in [0.717, 1.165) is 10.8 Å². The minimum absolute atomic E-state index is 0.201. The van der Waals surface area contributed by atoms with Gasteiger partial charge in [-0.3, -0.25) is 9.59 Å². The fourth-order valence-electron chi connectivity index (χ4n) is 2.50. The number of hydrogen-bond acceptors (Lipinski definition) is 5. The van der Waals surface area contributed by atoms with E-state index in [9.17, 15) is 14.4 Å². The van der Waals surface area contributed by atoms with Crippen molar-refractivity contribution in [1.82, 2.24) is 9.55 Å². The Morgan fingerprint density at radius 3 is 2.37 bits per heavy atom. The molecule has 0 aliphatic heterocycles. The number of aromatic amines is 1. The van der Waals surface area contributed by atoms with Crippen LogP contribution in [0.4, 0.5) is 5.69 Å². The highest BCUT2D eigenvalue weighted by molar-refractivity contribution is 6.03. The molecule has 0 unspecified atom stereocenters. The number of carbonyl (C=O) groups excluding carboxylic acids is 1. The first-order valence-electron chi connectivity index (χ1n) is 7.98. The van der Waals surface area contributed by atoms with Crippen molar-refractivity contribution in [3.8, 4) is 17.2 Å². The zero-order chi connectivity index (χ0) is 19.4. The van der Waals surface area contributed by atoms with Gasteiger partial charge in [0, 0.05) is 18.0 Å². The molecular weight excluding hydrogens is 350 g/mol. The Balaban J connectivity index is 1.97. The molecular formula is C19H17N3O5. The van der Waals surface area contributed by atoms with Crippen LogP contribution in [0.25, 0.3) is 5.69 Å². The number of aromatic nitrogens is 2. The van der Waals surface area contributed by atoms with E-state index >= 15 is 0 Å².